The third-order valence-electron chi connectivity index (χ3n) is 1.17. The maximum absolute atomic E-state index is 10.4. The molecule has 60 valence electrons. The summed E-state index contributed by atoms with van der Waals surface area (Å²) < 4.78 is 0. The van der Waals surface area contributed by atoms with Gasteiger partial charge in [-0.2, -0.15) is 0 Å². The van der Waals surface area contributed by atoms with E-state index in [-0.39, 0.29) is 5.71 Å². The maximum Gasteiger partial charge on any atom is 0.354 e. The van der Waals surface area contributed by atoms with E-state index >= 15 is 0 Å². The lowest BCUT2D eigenvalue weighted by molar-refractivity contribution is -0.129. The van der Waals surface area contributed by atoms with Crippen molar-refractivity contribution < 1.29 is 9.90 Å². The maximum atomic E-state index is 10.4. The summed E-state index contributed by atoms with van der Waals surface area (Å²) in [7, 11) is 1.45. The van der Waals surface area contributed by atoms with E-state index in [0.717, 1.165) is 0 Å². The Morgan fingerprint density at radius 1 is 1.64 bits per heavy atom. The van der Waals surface area contributed by atoms with Gasteiger partial charge in [0.05, 0.1) is 0 Å². The second-order valence-corrected chi connectivity index (χ2v) is 1.96. The highest BCUT2D eigenvalue weighted by molar-refractivity contribution is 6.42. The van der Waals surface area contributed by atoms with Crippen molar-refractivity contribution in [1.29, 1.82) is 0 Å². The van der Waals surface area contributed by atoms with Gasteiger partial charge in [0.15, 0.2) is 0 Å². The molecule has 0 spiro atoms. The number of hydrogen-bond donors (Lipinski definition) is 1. The van der Waals surface area contributed by atoms with Gasteiger partial charge in [0.1, 0.15) is 5.71 Å². The van der Waals surface area contributed by atoms with Crippen LogP contribution in [0.4, 0.5) is 0 Å². The smallest absolute Gasteiger partial charge is 0.354 e. The van der Waals surface area contributed by atoms with Crippen LogP contribution < -0.4 is 0 Å². The SMILES string of the molecule is C=C/C=C(/C)C(=NC)C(=O)O. The highest BCUT2D eigenvalue weighted by Gasteiger charge is 2.08. The molecule has 0 saturated carbocycles. The fraction of sp³-hybridized carbons (Fsp3) is 0.250. The molecule has 0 bridgehead atoms. The summed E-state index contributed by atoms with van der Waals surface area (Å²) in [4.78, 5) is 14.0. The van der Waals surface area contributed by atoms with Gasteiger partial charge in [-0.1, -0.05) is 18.7 Å². The van der Waals surface area contributed by atoms with Crippen LogP contribution in [-0.4, -0.2) is 23.8 Å². The number of carboxylic acid groups (broad SMARTS) is 1. The Kier molecular flexibility index (Phi) is 3.88. The summed E-state index contributed by atoms with van der Waals surface area (Å²) in [5.74, 6) is -1.01. The van der Waals surface area contributed by atoms with E-state index in [1.54, 1.807) is 13.0 Å². The Morgan fingerprint density at radius 2 is 2.18 bits per heavy atom. The van der Waals surface area contributed by atoms with Gasteiger partial charge in [-0.25, -0.2) is 4.79 Å². The average Bonchev–Trinajstić information content (AvgIpc) is 1.88. The molecule has 0 aromatic heterocycles. The van der Waals surface area contributed by atoms with Crippen LogP contribution in [0.5, 0.6) is 0 Å². The molecular weight excluding hydrogens is 142 g/mol. The summed E-state index contributed by atoms with van der Waals surface area (Å²) >= 11 is 0. The number of carbonyl (C=O) groups is 1. The Hall–Kier alpha value is -1.38. The van der Waals surface area contributed by atoms with Crippen molar-refractivity contribution in [2.24, 2.45) is 4.99 Å². The minimum Gasteiger partial charge on any atom is -0.477 e. The number of nitrogens with zero attached hydrogens (tertiary/aromatic N) is 1. The topological polar surface area (TPSA) is 49.7 Å². The van der Waals surface area contributed by atoms with Crippen molar-refractivity contribution in [2.45, 2.75) is 6.92 Å². The molecule has 0 heterocycles. The first-order chi connectivity index (χ1) is 5.13. The third kappa shape index (κ3) is 2.80. The first-order valence-corrected chi connectivity index (χ1v) is 3.13. The van der Waals surface area contributed by atoms with Crippen molar-refractivity contribution >= 4 is 11.7 Å². The molecule has 0 unspecified atom stereocenters. The number of carboxylic acids is 1. The first kappa shape index (κ1) is 9.62. The van der Waals surface area contributed by atoms with Gasteiger partial charge in [0.2, 0.25) is 0 Å². The minimum absolute atomic E-state index is 0.0740. The molecule has 0 radical (unpaired) electrons. The van der Waals surface area contributed by atoms with Crippen LogP contribution in [0.25, 0.3) is 0 Å². The molecule has 0 fully saturated rings. The van der Waals surface area contributed by atoms with Crippen LogP contribution in [0.1, 0.15) is 6.92 Å². The lowest BCUT2D eigenvalue weighted by Crippen LogP contribution is -2.13. The first-order valence-electron chi connectivity index (χ1n) is 3.13. The summed E-state index contributed by atoms with van der Waals surface area (Å²) in [6, 6.07) is 0. The van der Waals surface area contributed by atoms with Crippen molar-refractivity contribution in [2.75, 3.05) is 7.05 Å². The fourth-order valence-electron chi connectivity index (χ4n) is 0.696. The average molecular weight is 153 g/mol. The zero-order valence-electron chi connectivity index (χ0n) is 6.66. The predicted octanol–water partition coefficient (Wildman–Crippen LogP) is 1.27. The van der Waals surface area contributed by atoms with Crippen molar-refractivity contribution in [3.63, 3.8) is 0 Å². The van der Waals surface area contributed by atoms with Gasteiger partial charge in [-0.05, 0) is 12.5 Å². The zero-order valence-corrected chi connectivity index (χ0v) is 6.66. The van der Waals surface area contributed by atoms with Gasteiger partial charge < -0.3 is 5.11 Å². The summed E-state index contributed by atoms with van der Waals surface area (Å²) in [6.07, 6.45) is 3.14. The van der Waals surface area contributed by atoms with Crippen LogP contribution in [-0.2, 0) is 4.79 Å². The van der Waals surface area contributed by atoms with Crippen molar-refractivity contribution in [3.05, 3.63) is 24.3 Å². The van der Waals surface area contributed by atoms with E-state index in [9.17, 15) is 4.79 Å². The van der Waals surface area contributed by atoms with Gasteiger partial charge in [-0.15, -0.1) is 0 Å². The Morgan fingerprint density at radius 3 is 2.45 bits per heavy atom. The molecule has 0 rings (SSSR count). The second-order valence-electron chi connectivity index (χ2n) is 1.96. The Bertz CT molecular complexity index is 226. The molecule has 1 N–H and O–H groups in total. The van der Waals surface area contributed by atoms with E-state index in [1.165, 1.54) is 13.1 Å². The third-order valence-corrected chi connectivity index (χ3v) is 1.17. The van der Waals surface area contributed by atoms with Crippen LogP contribution in [0.3, 0.4) is 0 Å². The molecule has 0 amide bonds. The Balaban J connectivity index is 4.67. The molecule has 11 heavy (non-hydrogen) atoms. The van der Waals surface area contributed by atoms with Crippen LogP contribution in [0.2, 0.25) is 0 Å². The minimum atomic E-state index is -1.01. The summed E-state index contributed by atoms with van der Waals surface area (Å²) in [5, 5.41) is 8.56. The molecule has 3 nitrogen and oxygen atoms in total. The van der Waals surface area contributed by atoms with Crippen LogP contribution in [0.15, 0.2) is 29.3 Å². The standard InChI is InChI=1S/C8H11NO2/c1-4-5-6(2)7(9-3)8(10)11/h4-5H,1H2,2-3H3,(H,10,11)/b6-5-,9-7?. The van der Waals surface area contributed by atoms with Crippen molar-refractivity contribution in [3.8, 4) is 0 Å². The van der Waals surface area contributed by atoms with E-state index in [4.69, 9.17) is 5.11 Å². The molecule has 0 aromatic carbocycles. The van der Waals surface area contributed by atoms with Gasteiger partial charge >= 0.3 is 5.97 Å². The quantitative estimate of drug-likeness (QED) is 0.490. The normalized spacial score (nSPS) is 12.9. The summed E-state index contributed by atoms with van der Waals surface area (Å²) in [6.45, 7) is 5.13. The van der Waals surface area contributed by atoms with Gasteiger partial charge in [0.25, 0.3) is 0 Å². The molecule has 0 aliphatic carbocycles. The number of aliphatic carboxylic acids is 1. The lowest BCUT2D eigenvalue weighted by Gasteiger charge is -1.97. The number of rotatable bonds is 3. The molecule has 0 atom stereocenters. The second kappa shape index (κ2) is 4.44. The molecular formula is C8H11NO2. The highest BCUT2D eigenvalue weighted by atomic mass is 16.4. The molecule has 0 aliphatic rings. The van der Waals surface area contributed by atoms with Crippen molar-refractivity contribution in [1.82, 2.24) is 0 Å². The summed E-state index contributed by atoms with van der Waals surface area (Å²) in [5.41, 5.74) is 0.680. The van der Waals surface area contributed by atoms with E-state index in [0.29, 0.717) is 5.57 Å². The zero-order chi connectivity index (χ0) is 8.85. The number of aliphatic imine (C=N–C) groups is 1. The van der Waals surface area contributed by atoms with E-state index < -0.39 is 5.97 Å². The van der Waals surface area contributed by atoms with Gasteiger partial charge in [0, 0.05) is 7.05 Å². The molecule has 0 aliphatic heterocycles. The predicted molar refractivity (Wildman–Crippen MR) is 44.9 cm³/mol. The Labute approximate surface area is 65.8 Å². The molecule has 0 aromatic rings. The van der Waals surface area contributed by atoms with E-state index in [2.05, 4.69) is 11.6 Å². The monoisotopic (exact) mass is 153 g/mol. The molecule has 0 saturated heterocycles. The largest absolute Gasteiger partial charge is 0.477 e. The number of hydrogen-bond acceptors (Lipinski definition) is 2. The van der Waals surface area contributed by atoms with Crippen LogP contribution >= 0.6 is 0 Å². The fourth-order valence-corrected chi connectivity index (χ4v) is 0.696. The van der Waals surface area contributed by atoms with E-state index in [1.807, 2.05) is 0 Å². The highest BCUT2D eigenvalue weighted by Crippen LogP contribution is 1.97. The number of allylic oxidation sites excluding steroid dienone is 2. The molecule has 3 heteroatoms. The van der Waals surface area contributed by atoms with Gasteiger partial charge in [-0.3, -0.25) is 4.99 Å². The van der Waals surface area contributed by atoms with Crippen LogP contribution in [0, 0.1) is 0 Å². The lowest BCUT2D eigenvalue weighted by atomic mass is 10.2.